The third-order valence-corrected chi connectivity index (χ3v) is 5.09. The van der Waals surface area contributed by atoms with E-state index < -0.39 is 76.8 Å². The van der Waals surface area contributed by atoms with Crippen molar-refractivity contribution in [3.63, 3.8) is 0 Å². The van der Waals surface area contributed by atoms with E-state index in [-0.39, 0.29) is 16.8 Å². The molecule has 2 heterocycles. The Hall–Kier alpha value is -3.97. The first-order chi connectivity index (χ1) is 17.1. The molecular formula is C22H17BF6N2O5. The van der Waals surface area contributed by atoms with Gasteiger partial charge in [0.2, 0.25) is 11.6 Å². The van der Waals surface area contributed by atoms with Crippen molar-refractivity contribution in [3.8, 4) is 5.75 Å². The second-order valence-corrected chi connectivity index (χ2v) is 7.08. The lowest BCUT2D eigenvalue weighted by Gasteiger charge is -2.17. The number of ether oxygens (including phenoxy) is 3. The first-order valence-corrected chi connectivity index (χ1v) is 10.2. The van der Waals surface area contributed by atoms with Crippen molar-refractivity contribution in [2.75, 3.05) is 20.8 Å². The van der Waals surface area contributed by atoms with Crippen LogP contribution >= 0.6 is 0 Å². The Labute approximate surface area is 200 Å². The predicted molar refractivity (Wildman–Crippen MR) is 115 cm³/mol. The van der Waals surface area contributed by atoms with Crippen LogP contribution in [-0.4, -0.2) is 50.4 Å². The molecule has 0 bridgehead atoms. The molecule has 3 rings (SSSR count). The van der Waals surface area contributed by atoms with Crippen LogP contribution in [0.1, 0.15) is 18.2 Å². The number of aromatic nitrogens is 1. The van der Waals surface area contributed by atoms with E-state index in [4.69, 9.17) is 0 Å². The second kappa shape index (κ2) is 10.7. The molecule has 1 aliphatic heterocycles. The van der Waals surface area contributed by atoms with E-state index in [0.717, 1.165) is 44.7 Å². The van der Waals surface area contributed by atoms with Crippen LogP contribution < -0.4 is 4.74 Å². The Morgan fingerprint density at radius 3 is 2.08 bits per heavy atom. The zero-order valence-electron chi connectivity index (χ0n) is 19.0. The van der Waals surface area contributed by atoms with Crippen LogP contribution in [0.15, 0.2) is 41.2 Å². The van der Waals surface area contributed by atoms with E-state index in [1.807, 2.05) is 0 Å². The number of hydrogen-bond donors (Lipinski definition) is 0. The number of carbonyl (C=O) groups excluding carboxylic acids is 2. The number of allylic oxidation sites excluding steroid dienone is 2. The van der Waals surface area contributed by atoms with E-state index >= 15 is 8.78 Å². The summed E-state index contributed by atoms with van der Waals surface area (Å²) in [6, 6.07) is 2.12. The first kappa shape index (κ1) is 26.6. The number of carbonyl (C=O) groups is 2. The number of rotatable bonds is 8. The van der Waals surface area contributed by atoms with Crippen LogP contribution in [0.3, 0.4) is 0 Å². The summed E-state index contributed by atoms with van der Waals surface area (Å²) in [7, 11) is -1.27. The van der Waals surface area contributed by atoms with Crippen LogP contribution in [0.5, 0.6) is 5.75 Å². The summed E-state index contributed by atoms with van der Waals surface area (Å²) in [5.41, 5.74) is -3.52. The Morgan fingerprint density at radius 1 is 1.00 bits per heavy atom. The van der Waals surface area contributed by atoms with Crippen molar-refractivity contribution >= 4 is 30.6 Å². The summed E-state index contributed by atoms with van der Waals surface area (Å²) >= 11 is 0. The fourth-order valence-corrected chi connectivity index (χ4v) is 3.52. The molecule has 0 saturated carbocycles. The van der Waals surface area contributed by atoms with Crippen molar-refractivity contribution < 1.29 is 50.0 Å². The summed E-state index contributed by atoms with van der Waals surface area (Å²) in [5, 5.41) is 0. The van der Waals surface area contributed by atoms with Gasteiger partial charge in [-0.05, 0) is 37.4 Å². The quantitative estimate of drug-likeness (QED) is 0.175. The fourth-order valence-electron chi connectivity index (χ4n) is 3.52. The van der Waals surface area contributed by atoms with Gasteiger partial charge in [-0.25, -0.2) is 8.78 Å². The van der Waals surface area contributed by atoms with Crippen LogP contribution in [0.25, 0.3) is 5.57 Å². The van der Waals surface area contributed by atoms with E-state index in [0.29, 0.717) is 0 Å². The van der Waals surface area contributed by atoms with Gasteiger partial charge in [0.05, 0.1) is 37.8 Å². The number of benzene rings is 1. The Morgan fingerprint density at radius 2 is 1.58 bits per heavy atom. The monoisotopic (exact) mass is 514 g/mol. The van der Waals surface area contributed by atoms with E-state index in [1.165, 1.54) is 6.92 Å². The molecule has 0 spiro atoms. The maximum atomic E-state index is 15.2. The zero-order valence-corrected chi connectivity index (χ0v) is 19.0. The summed E-state index contributed by atoms with van der Waals surface area (Å²) in [6.07, 6.45) is 2.96. The lowest BCUT2D eigenvalue weighted by molar-refractivity contribution is -0.155. The molecule has 0 aliphatic carbocycles. The molecule has 190 valence electrons. The minimum atomic E-state index is -3.22. The van der Waals surface area contributed by atoms with Crippen LogP contribution in [0.2, 0.25) is 0 Å². The molecule has 1 aromatic heterocycles. The average Bonchev–Trinajstić information content (AvgIpc) is 3.53. The summed E-state index contributed by atoms with van der Waals surface area (Å²) in [4.78, 5) is 28.2. The Balaban J connectivity index is 2.38. The van der Waals surface area contributed by atoms with Crippen molar-refractivity contribution in [2.45, 2.75) is 6.92 Å². The molecular weight excluding hydrogens is 497 g/mol. The highest BCUT2D eigenvalue weighted by atomic mass is 19.2. The molecule has 0 N–H and O–H groups in total. The van der Waals surface area contributed by atoms with Gasteiger partial charge in [0.1, 0.15) is 0 Å². The number of hydrogen-bond acceptors (Lipinski definition) is 6. The van der Waals surface area contributed by atoms with Crippen LogP contribution in [0, 0.1) is 29.2 Å². The van der Waals surface area contributed by atoms with Crippen LogP contribution in [0.4, 0.5) is 26.2 Å². The molecule has 0 fully saturated rings. The summed E-state index contributed by atoms with van der Waals surface area (Å²) < 4.78 is 101. The Kier molecular flexibility index (Phi) is 7.95. The smallest absolute Gasteiger partial charge is 0.488 e. The first-order valence-electron chi connectivity index (χ1n) is 10.2. The topological polar surface area (TPSA) is 79.1 Å². The normalized spacial score (nSPS) is 14.1. The molecule has 0 atom stereocenters. The molecule has 1 aromatic carbocycles. The van der Waals surface area contributed by atoms with Gasteiger partial charge < -0.3 is 18.7 Å². The molecule has 7 nitrogen and oxygen atoms in total. The van der Waals surface area contributed by atoms with E-state index in [1.54, 1.807) is 0 Å². The predicted octanol–water partition coefficient (Wildman–Crippen LogP) is 3.95. The van der Waals surface area contributed by atoms with E-state index in [9.17, 15) is 27.0 Å². The van der Waals surface area contributed by atoms with Gasteiger partial charge in [-0.1, -0.05) is 0 Å². The minimum absolute atomic E-state index is 0.285. The molecule has 0 amide bonds. The van der Waals surface area contributed by atoms with Gasteiger partial charge in [0.15, 0.2) is 23.3 Å². The highest BCUT2D eigenvalue weighted by Gasteiger charge is 2.37. The maximum absolute atomic E-state index is 15.2. The van der Waals surface area contributed by atoms with Crippen molar-refractivity contribution in [1.29, 1.82) is 0 Å². The SMILES string of the molecule is CCOc1c(F)c(F)c(/C(=C2\C=CC(C(C(=O)OC)C(=O)OC)=N2)c2cccn2B(F)F)c(F)c1F. The maximum Gasteiger partial charge on any atom is 0.677 e. The van der Waals surface area contributed by atoms with Crippen molar-refractivity contribution in [2.24, 2.45) is 10.9 Å². The summed E-state index contributed by atoms with van der Waals surface area (Å²) in [5.74, 6) is -12.9. The lowest BCUT2D eigenvalue weighted by Crippen LogP contribution is -2.32. The van der Waals surface area contributed by atoms with Gasteiger partial charge in [0.25, 0.3) is 0 Å². The van der Waals surface area contributed by atoms with Crippen LogP contribution in [-0.2, 0) is 19.1 Å². The van der Waals surface area contributed by atoms with Gasteiger partial charge in [-0.3, -0.25) is 23.2 Å². The largest absolute Gasteiger partial charge is 0.677 e. The highest BCUT2D eigenvalue weighted by Crippen LogP contribution is 2.39. The number of halogens is 6. The average molecular weight is 514 g/mol. The van der Waals surface area contributed by atoms with Crippen molar-refractivity contribution in [1.82, 2.24) is 4.48 Å². The lowest BCUT2D eigenvalue weighted by atomic mass is 9.97. The Bertz CT molecular complexity index is 1260. The minimum Gasteiger partial charge on any atom is -0.488 e. The van der Waals surface area contributed by atoms with E-state index in [2.05, 4.69) is 19.2 Å². The number of nitrogens with zero attached hydrogens (tertiary/aromatic N) is 2. The highest BCUT2D eigenvalue weighted by molar-refractivity contribution is 6.41. The molecule has 0 saturated heterocycles. The third-order valence-electron chi connectivity index (χ3n) is 5.09. The summed E-state index contributed by atoms with van der Waals surface area (Å²) in [6.45, 7) is 0.997. The molecule has 14 heteroatoms. The zero-order chi connectivity index (χ0) is 26.7. The standard InChI is InChI=1S/C22H17BF6N2O5/c1-4-36-20-18(26)16(24)15(17(25)19(20)27)13(12-6-5-9-31(12)23(28)29)10-7-8-11(30-10)14(21(32)34-2)22(33)35-3/h5-9,14H,4H2,1-3H3/b13-10+. The number of methoxy groups -OCH3 is 2. The fraction of sp³-hybridized carbons (Fsp3) is 0.227. The molecule has 0 unspecified atom stereocenters. The molecule has 1 aliphatic rings. The molecule has 36 heavy (non-hydrogen) atoms. The molecule has 2 aromatic rings. The number of esters is 2. The number of aliphatic imine (C=N–C) groups is 1. The van der Waals surface area contributed by atoms with Gasteiger partial charge in [-0.15, -0.1) is 0 Å². The third kappa shape index (κ3) is 4.62. The second-order valence-electron chi connectivity index (χ2n) is 7.08. The van der Waals surface area contributed by atoms with Gasteiger partial charge in [0, 0.05) is 11.3 Å². The van der Waals surface area contributed by atoms with Crippen molar-refractivity contribution in [3.05, 3.63) is 70.7 Å². The molecule has 0 radical (unpaired) electrons. The van der Waals surface area contributed by atoms with Gasteiger partial charge >= 0.3 is 19.3 Å². The van der Waals surface area contributed by atoms with Gasteiger partial charge in [-0.2, -0.15) is 8.78 Å².